The van der Waals surface area contributed by atoms with Gasteiger partial charge in [-0.1, -0.05) is 6.42 Å². The summed E-state index contributed by atoms with van der Waals surface area (Å²) in [6.07, 6.45) is 3.89. The Balaban J connectivity index is 1.35. The minimum Gasteiger partial charge on any atom is -0.492 e. The number of nitrogens with two attached hydrogens (primary N) is 1. The summed E-state index contributed by atoms with van der Waals surface area (Å²) in [5.74, 6) is 3.47. The molecule has 0 saturated heterocycles. The number of nitrogens with one attached hydrogen (secondary N) is 1. The molecule has 114 valence electrons. The Hall–Kier alpha value is -2.11. The fourth-order valence-corrected chi connectivity index (χ4v) is 2.27. The predicted octanol–water partition coefficient (Wildman–Crippen LogP) is 1.50. The van der Waals surface area contributed by atoms with E-state index in [0.717, 1.165) is 29.7 Å². The second-order valence-electron chi connectivity index (χ2n) is 5.31. The molecule has 1 aliphatic heterocycles. The summed E-state index contributed by atoms with van der Waals surface area (Å²) in [7, 11) is 0. The van der Waals surface area contributed by atoms with E-state index in [1.807, 2.05) is 18.2 Å². The van der Waals surface area contributed by atoms with Crippen LogP contribution in [0.2, 0.25) is 0 Å². The van der Waals surface area contributed by atoms with Gasteiger partial charge in [0.2, 0.25) is 6.79 Å². The van der Waals surface area contributed by atoms with E-state index in [-0.39, 0.29) is 6.79 Å². The van der Waals surface area contributed by atoms with Crippen LogP contribution in [0.4, 0.5) is 0 Å². The largest absolute Gasteiger partial charge is 0.492 e. The quantitative estimate of drug-likeness (QED) is 0.472. The van der Waals surface area contributed by atoms with E-state index in [0.29, 0.717) is 19.1 Å². The molecule has 1 aliphatic carbocycles. The van der Waals surface area contributed by atoms with Crippen LogP contribution in [0.1, 0.15) is 19.3 Å². The highest BCUT2D eigenvalue weighted by Gasteiger charge is 2.16. The van der Waals surface area contributed by atoms with Gasteiger partial charge in [0.1, 0.15) is 12.4 Å². The van der Waals surface area contributed by atoms with Gasteiger partial charge in [-0.05, 0) is 30.9 Å². The van der Waals surface area contributed by atoms with Gasteiger partial charge in [0.25, 0.3) is 0 Å². The van der Waals surface area contributed by atoms with Crippen molar-refractivity contribution >= 4 is 5.96 Å². The van der Waals surface area contributed by atoms with Crippen LogP contribution in [-0.4, -0.2) is 32.4 Å². The molecule has 1 aromatic rings. The van der Waals surface area contributed by atoms with Crippen molar-refractivity contribution in [1.82, 2.24) is 5.32 Å². The molecular weight excluding hydrogens is 270 g/mol. The van der Waals surface area contributed by atoms with Gasteiger partial charge < -0.3 is 25.3 Å². The van der Waals surface area contributed by atoms with Gasteiger partial charge in [0.15, 0.2) is 17.5 Å². The van der Waals surface area contributed by atoms with Crippen LogP contribution < -0.4 is 25.3 Å². The molecule has 6 nitrogen and oxygen atoms in total. The summed E-state index contributed by atoms with van der Waals surface area (Å²) in [4.78, 5) is 4.33. The molecule has 0 amide bonds. The first-order chi connectivity index (χ1) is 10.3. The maximum absolute atomic E-state index is 5.80. The average Bonchev–Trinajstić information content (AvgIpc) is 2.89. The molecule has 21 heavy (non-hydrogen) atoms. The lowest BCUT2D eigenvalue weighted by molar-refractivity contribution is 0.173. The third-order valence-electron chi connectivity index (χ3n) is 3.77. The van der Waals surface area contributed by atoms with Gasteiger partial charge in [-0.3, -0.25) is 4.99 Å². The Kier molecular flexibility index (Phi) is 4.33. The zero-order chi connectivity index (χ0) is 14.5. The predicted molar refractivity (Wildman–Crippen MR) is 79.9 cm³/mol. The van der Waals surface area contributed by atoms with E-state index in [1.54, 1.807) is 0 Å². The van der Waals surface area contributed by atoms with Crippen molar-refractivity contribution in [2.75, 3.05) is 26.5 Å². The van der Waals surface area contributed by atoms with Crippen molar-refractivity contribution in [3.05, 3.63) is 18.2 Å². The lowest BCUT2D eigenvalue weighted by Crippen LogP contribution is -2.35. The number of ether oxygens (including phenoxy) is 3. The average molecular weight is 291 g/mol. The number of hydrogen-bond acceptors (Lipinski definition) is 4. The maximum atomic E-state index is 5.80. The summed E-state index contributed by atoms with van der Waals surface area (Å²) in [5.41, 5.74) is 5.80. The van der Waals surface area contributed by atoms with Gasteiger partial charge in [-0.2, -0.15) is 0 Å². The molecular formula is C15H21N3O3. The fraction of sp³-hybridized carbons (Fsp3) is 0.533. The van der Waals surface area contributed by atoms with Crippen molar-refractivity contribution < 1.29 is 14.2 Å². The van der Waals surface area contributed by atoms with Crippen molar-refractivity contribution in [2.24, 2.45) is 16.6 Å². The number of fused-ring (bicyclic) bond motifs is 1. The zero-order valence-electron chi connectivity index (χ0n) is 12.0. The van der Waals surface area contributed by atoms with Crippen LogP contribution in [0.15, 0.2) is 23.2 Å². The summed E-state index contributed by atoms with van der Waals surface area (Å²) in [6, 6.07) is 5.54. The van der Waals surface area contributed by atoms with Crippen molar-refractivity contribution in [3.8, 4) is 17.2 Å². The molecule has 2 aliphatic rings. The first kappa shape index (κ1) is 13.9. The number of guanidine groups is 1. The Morgan fingerprint density at radius 1 is 1.33 bits per heavy atom. The Morgan fingerprint density at radius 2 is 2.19 bits per heavy atom. The summed E-state index contributed by atoms with van der Waals surface area (Å²) in [5, 5.41) is 3.06. The van der Waals surface area contributed by atoms with E-state index in [9.17, 15) is 0 Å². The summed E-state index contributed by atoms with van der Waals surface area (Å²) < 4.78 is 16.2. The molecule has 6 heteroatoms. The monoisotopic (exact) mass is 291 g/mol. The Labute approximate surface area is 124 Å². The molecule has 0 unspecified atom stereocenters. The highest BCUT2D eigenvalue weighted by molar-refractivity contribution is 5.77. The molecule has 3 N–H and O–H groups in total. The van der Waals surface area contributed by atoms with Crippen LogP contribution in [0.25, 0.3) is 0 Å². The molecule has 3 rings (SSSR count). The molecule has 0 radical (unpaired) electrons. The van der Waals surface area contributed by atoms with Crippen LogP contribution in [0.3, 0.4) is 0 Å². The fourth-order valence-electron chi connectivity index (χ4n) is 2.27. The van der Waals surface area contributed by atoms with E-state index >= 15 is 0 Å². The second kappa shape index (κ2) is 6.56. The van der Waals surface area contributed by atoms with Crippen molar-refractivity contribution in [3.63, 3.8) is 0 Å². The highest BCUT2D eigenvalue weighted by Crippen LogP contribution is 2.34. The molecule has 0 aromatic heterocycles. The lowest BCUT2D eigenvalue weighted by atomic mass is 9.86. The first-order valence-corrected chi connectivity index (χ1v) is 7.37. The molecule has 1 aromatic carbocycles. The SMILES string of the molecule is NC(=NCC1CCC1)NCCOc1ccc2c(c1)OCO2. The molecule has 0 spiro atoms. The number of nitrogens with zero attached hydrogens (tertiary/aromatic N) is 1. The standard InChI is InChI=1S/C15H21N3O3/c16-15(18-9-11-2-1-3-11)17-6-7-19-12-4-5-13-14(8-12)21-10-20-13/h4-5,8,11H,1-3,6-7,9-10H2,(H3,16,17,18). The molecule has 1 saturated carbocycles. The van der Waals surface area contributed by atoms with Crippen molar-refractivity contribution in [1.29, 1.82) is 0 Å². The van der Waals surface area contributed by atoms with Gasteiger partial charge in [-0.15, -0.1) is 0 Å². The van der Waals surface area contributed by atoms with Gasteiger partial charge in [-0.25, -0.2) is 0 Å². The van der Waals surface area contributed by atoms with Crippen LogP contribution in [0.5, 0.6) is 17.2 Å². The molecule has 0 atom stereocenters. The van der Waals surface area contributed by atoms with Crippen LogP contribution in [-0.2, 0) is 0 Å². The molecule has 1 fully saturated rings. The summed E-state index contributed by atoms with van der Waals surface area (Å²) in [6.45, 7) is 2.24. The van der Waals surface area contributed by atoms with E-state index in [4.69, 9.17) is 19.9 Å². The van der Waals surface area contributed by atoms with Gasteiger partial charge in [0.05, 0.1) is 6.54 Å². The van der Waals surface area contributed by atoms with Gasteiger partial charge >= 0.3 is 0 Å². The molecule has 0 bridgehead atoms. The Bertz CT molecular complexity index is 515. The topological polar surface area (TPSA) is 78.1 Å². The minimum absolute atomic E-state index is 0.272. The maximum Gasteiger partial charge on any atom is 0.231 e. The minimum atomic E-state index is 0.272. The molecule has 1 heterocycles. The van der Waals surface area contributed by atoms with Crippen LogP contribution in [0, 0.1) is 5.92 Å². The smallest absolute Gasteiger partial charge is 0.231 e. The Morgan fingerprint density at radius 3 is 3.00 bits per heavy atom. The lowest BCUT2D eigenvalue weighted by Gasteiger charge is -2.23. The second-order valence-corrected chi connectivity index (χ2v) is 5.31. The van der Waals surface area contributed by atoms with E-state index in [1.165, 1.54) is 19.3 Å². The first-order valence-electron chi connectivity index (χ1n) is 7.37. The number of rotatable bonds is 6. The van der Waals surface area contributed by atoms with E-state index < -0.39 is 0 Å². The van der Waals surface area contributed by atoms with Crippen LogP contribution >= 0.6 is 0 Å². The number of benzene rings is 1. The number of aliphatic imine (C=N–C) groups is 1. The number of hydrogen-bond donors (Lipinski definition) is 2. The van der Waals surface area contributed by atoms with Crippen molar-refractivity contribution in [2.45, 2.75) is 19.3 Å². The summed E-state index contributed by atoms with van der Waals surface area (Å²) >= 11 is 0. The van der Waals surface area contributed by atoms with Gasteiger partial charge in [0, 0.05) is 12.6 Å². The normalized spacial score (nSPS) is 17.4. The van der Waals surface area contributed by atoms with E-state index in [2.05, 4.69) is 10.3 Å². The highest BCUT2D eigenvalue weighted by atomic mass is 16.7. The zero-order valence-corrected chi connectivity index (χ0v) is 12.0. The third kappa shape index (κ3) is 3.71. The third-order valence-corrected chi connectivity index (χ3v) is 3.77.